The third-order valence-electron chi connectivity index (χ3n) is 2.75. The summed E-state index contributed by atoms with van der Waals surface area (Å²) in [6.07, 6.45) is 0. The minimum absolute atomic E-state index is 0.314. The number of benzene rings is 2. The largest absolute Gasteiger partial charge is 0.398 e. The van der Waals surface area contributed by atoms with E-state index in [1.165, 1.54) is 0 Å². The van der Waals surface area contributed by atoms with Gasteiger partial charge in [0.25, 0.3) is 5.91 Å². The van der Waals surface area contributed by atoms with Gasteiger partial charge in [-0.05, 0) is 36.8 Å². The molecule has 0 aliphatic rings. The first-order valence-electron chi connectivity index (χ1n) is 5.60. The number of hydrogen-bond donors (Lipinski definition) is 2. The minimum Gasteiger partial charge on any atom is -0.398 e. The van der Waals surface area contributed by atoms with Gasteiger partial charge in [0.05, 0.1) is 16.3 Å². The molecule has 0 aromatic heterocycles. The molecular weight excluding hydrogens is 283 g/mol. The lowest BCUT2D eigenvalue weighted by Gasteiger charge is -2.10. The molecule has 0 aliphatic heterocycles. The van der Waals surface area contributed by atoms with Crippen LogP contribution < -0.4 is 11.1 Å². The lowest BCUT2D eigenvalue weighted by atomic mass is 10.1. The summed E-state index contributed by atoms with van der Waals surface area (Å²) in [6, 6.07) is 10.2. The molecule has 1 amide bonds. The number of amides is 1. The number of nitrogen functional groups attached to an aromatic ring is 1. The zero-order valence-corrected chi connectivity index (χ0v) is 11.7. The van der Waals surface area contributed by atoms with Crippen LogP contribution in [-0.2, 0) is 0 Å². The van der Waals surface area contributed by atoms with Crippen LogP contribution >= 0.6 is 23.2 Å². The van der Waals surface area contributed by atoms with Gasteiger partial charge >= 0.3 is 0 Å². The Bertz CT molecular complexity index is 641. The highest BCUT2D eigenvalue weighted by Gasteiger charge is 2.12. The van der Waals surface area contributed by atoms with Gasteiger partial charge in [0.1, 0.15) is 0 Å². The number of nitrogens with two attached hydrogens (primary N) is 1. The van der Waals surface area contributed by atoms with Crippen molar-refractivity contribution in [3.63, 3.8) is 0 Å². The lowest BCUT2D eigenvalue weighted by molar-refractivity contribution is 0.102. The van der Waals surface area contributed by atoms with Gasteiger partial charge in [0, 0.05) is 10.7 Å². The average Bonchev–Trinajstić information content (AvgIpc) is 2.37. The number of halogens is 2. The monoisotopic (exact) mass is 294 g/mol. The van der Waals surface area contributed by atoms with Gasteiger partial charge in [-0.1, -0.05) is 35.3 Å². The van der Waals surface area contributed by atoms with Crippen molar-refractivity contribution >= 4 is 40.5 Å². The van der Waals surface area contributed by atoms with Crippen LogP contribution in [-0.4, -0.2) is 5.91 Å². The van der Waals surface area contributed by atoms with Crippen LogP contribution in [0.25, 0.3) is 0 Å². The Kier molecular flexibility index (Phi) is 3.98. The second-order valence-corrected chi connectivity index (χ2v) is 4.96. The van der Waals surface area contributed by atoms with Gasteiger partial charge < -0.3 is 11.1 Å². The number of carbonyl (C=O) groups excluding carboxylic acids is 1. The van der Waals surface area contributed by atoms with Crippen LogP contribution in [0.5, 0.6) is 0 Å². The summed E-state index contributed by atoms with van der Waals surface area (Å²) in [5.74, 6) is -0.314. The number of nitrogens with one attached hydrogen (secondary N) is 1. The van der Waals surface area contributed by atoms with E-state index in [4.69, 9.17) is 28.9 Å². The van der Waals surface area contributed by atoms with Crippen molar-refractivity contribution in [2.45, 2.75) is 6.92 Å². The Morgan fingerprint density at radius 1 is 1.21 bits per heavy atom. The Hall–Kier alpha value is -1.71. The molecule has 0 aliphatic carbocycles. The number of carbonyl (C=O) groups is 1. The van der Waals surface area contributed by atoms with E-state index in [0.29, 0.717) is 27.0 Å². The molecule has 3 N–H and O–H groups in total. The Balaban J connectivity index is 2.31. The smallest absolute Gasteiger partial charge is 0.257 e. The van der Waals surface area contributed by atoms with Crippen molar-refractivity contribution in [3.05, 3.63) is 57.6 Å². The molecule has 0 spiro atoms. The fourth-order valence-corrected chi connectivity index (χ4v) is 2.00. The summed E-state index contributed by atoms with van der Waals surface area (Å²) in [5, 5.41) is 3.62. The second-order valence-electron chi connectivity index (χ2n) is 4.11. The zero-order valence-electron chi connectivity index (χ0n) is 10.2. The molecule has 2 aromatic rings. The molecule has 5 heteroatoms. The fraction of sp³-hybridized carbons (Fsp3) is 0.0714. The van der Waals surface area contributed by atoms with Crippen molar-refractivity contribution < 1.29 is 4.79 Å². The van der Waals surface area contributed by atoms with E-state index in [9.17, 15) is 4.79 Å². The Labute approximate surface area is 121 Å². The van der Waals surface area contributed by atoms with Crippen LogP contribution in [0.1, 0.15) is 15.9 Å². The highest BCUT2D eigenvalue weighted by atomic mass is 35.5. The zero-order chi connectivity index (χ0) is 14.0. The van der Waals surface area contributed by atoms with Crippen LogP contribution in [0.2, 0.25) is 10.0 Å². The standard InChI is InChI=1S/C14H12Cl2N2O/c1-8-3-2-4-10(13(8)17)14(19)18-12-7-9(15)5-6-11(12)16/h2-7H,17H2,1H3,(H,18,19). The predicted molar refractivity (Wildman–Crippen MR) is 80.0 cm³/mol. The summed E-state index contributed by atoms with van der Waals surface area (Å²) in [4.78, 5) is 12.2. The van der Waals surface area contributed by atoms with Crippen molar-refractivity contribution in [2.75, 3.05) is 11.1 Å². The van der Waals surface area contributed by atoms with Gasteiger partial charge in [-0.3, -0.25) is 4.79 Å². The van der Waals surface area contributed by atoms with Crippen molar-refractivity contribution in [1.29, 1.82) is 0 Å². The molecule has 0 bridgehead atoms. The molecule has 98 valence electrons. The number of hydrogen-bond acceptors (Lipinski definition) is 2. The molecule has 0 atom stereocenters. The van der Waals surface area contributed by atoms with E-state index in [1.807, 2.05) is 13.0 Å². The van der Waals surface area contributed by atoms with Gasteiger partial charge in [-0.2, -0.15) is 0 Å². The maximum Gasteiger partial charge on any atom is 0.257 e. The molecule has 0 heterocycles. The van der Waals surface area contributed by atoms with E-state index >= 15 is 0 Å². The van der Waals surface area contributed by atoms with Crippen molar-refractivity contribution in [2.24, 2.45) is 0 Å². The van der Waals surface area contributed by atoms with Crippen LogP contribution in [0.3, 0.4) is 0 Å². The van der Waals surface area contributed by atoms with Crippen molar-refractivity contribution in [1.82, 2.24) is 0 Å². The molecule has 0 saturated carbocycles. The summed E-state index contributed by atoms with van der Waals surface area (Å²) in [7, 11) is 0. The molecule has 0 saturated heterocycles. The maximum absolute atomic E-state index is 12.2. The van der Waals surface area contributed by atoms with Gasteiger partial charge in [0.15, 0.2) is 0 Å². The number of para-hydroxylation sites is 1. The van der Waals surface area contributed by atoms with E-state index in [0.717, 1.165) is 5.56 Å². The van der Waals surface area contributed by atoms with Crippen LogP contribution in [0, 0.1) is 6.92 Å². The molecule has 3 nitrogen and oxygen atoms in total. The first kappa shape index (κ1) is 13.7. The maximum atomic E-state index is 12.2. The molecule has 2 aromatic carbocycles. The number of rotatable bonds is 2. The van der Waals surface area contributed by atoms with Crippen LogP contribution in [0.4, 0.5) is 11.4 Å². The second kappa shape index (κ2) is 5.51. The highest BCUT2D eigenvalue weighted by molar-refractivity contribution is 6.36. The topological polar surface area (TPSA) is 55.1 Å². The Morgan fingerprint density at radius 2 is 1.95 bits per heavy atom. The van der Waals surface area contributed by atoms with E-state index in [2.05, 4.69) is 5.32 Å². The quantitative estimate of drug-likeness (QED) is 0.818. The van der Waals surface area contributed by atoms with Crippen molar-refractivity contribution in [3.8, 4) is 0 Å². The predicted octanol–water partition coefficient (Wildman–Crippen LogP) is 4.14. The van der Waals surface area contributed by atoms with Gasteiger partial charge in [-0.25, -0.2) is 0 Å². The SMILES string of the molecule is Cc1cccc(C(=O)Nc2cc(Cl)ccc2Cl)c1N. The third kappa shape index (κ3) is 3.00. The number of aryl methyl sites for hydroxylation is 1. The van der Waals surface area contributed by atoms with E-state index in [1.54, 1.807) is 30.3 Å². The fourth-order valence-electron chi connectivity index (χ4n) is 1.66. The van der Waals surface area contributed by atoms with E-state index < -0.39 is 0 Å². The van der Waals surface area contributed by atoms with E-state index in [-0.39, 0.29) is 5.91 Å². The van der Waals surface area contributed by atoms with Crippen LogP contribution in [0.15, 0.2) is 36.4 Å². The van der Waals surface area contributed by atoms with Gasteiger partial charge in [-0.15, -0.1) is 0 Å². The van der Waals surface area contributed by atoms with Gasteiger partial charge in [0.2, 0.25) is 0 Å². The lowest BCUT2D eigenvalue weighted by Crippen LogP contribution is -2.14. The molecular formula is C14H12Cl2N2O. The number of anilines is 2. The highest BCUT2D eigenvalue weighted by Crippen LogP contribution is 2.26. The average molecular weight is 295 g/mol. The normalized spacial score (nSPS) is 10.3. The third-order valence-corrected chi connectivity index (χ3v) is 3.31. The molecule has 2 rings (SSSR count). The summed E-state index contributed by atoms with van der Waals surface area (Å²) in [5.41, 5.74) is 8.06. The molecule has 19 heavy (non-hydrogen) atoms. The molecule has 0 unspecified atom stereocenters. The summed E-state index contributed by atoms with van der Waals surface area (Å²) in [6.45, 7) is 1.85. The Morgan fingerprint density at radius 3 is 2.68 bits per heavy atom. The summed E-state index contributed by atoms with van der Waals surface area (Å²) >= 11 is 11.9. The minimum atomic E-state index is -0.314. The first-order chi connectivity index (χ1) is 8.99. The molecule has 0 radical (unpaired) electrons. The molecule has 0 fully saturated rings. The summed E-state index contributed by atoms with van der Waals surface area (Å²) < 4.78 is 0. The first-order valence-corrected chi connectivity index (χ1v) is 6.36.